The Labute approximate surface area is 214 Å². The van der Waals surface area contributed by atoms with Crippen LogP contribution in [-0.4, -0.2) is 44.4 Å². The summed E-state index contributed by atoms with van der Waals surface area (Å²) in [7, 11) is 1.51. The maximum Gasteiger partial charge on any atom is 0.234 e. The van der Waals surface area contributed by atoms with Crippen molar-refractivity contribution in [2.75, 3.05) is 23.5 Å². The molecule has 4 rings (SSSR count). The van der Waals surface area contributed by atoms with Crippen LogP contribution in [0.4, 0.5) is 11.4 Å². The predicted molar refractivity (Wildman–Crippen MR) is 139 cm³/mol. The van der Waals surface area contributed by atoms with Gasteiger partial charge in [-0.3, -0.25) is 19.1 Å². The summed E-state index contributed by atoms with van der Waals surface area (Å²) in [5.74, 6) is 0.737. The van der Waals surface area contributed by atoms with Gasteiger partial charge in [0.15, 0.2) is 11.0 Å². The van der Waals surface area contributed by atoms with Gasteiger partial charge in [0.1, 0.15) is 5.75 Å². The monoisotopic (exact) mass is 552 g/mol. The highest BCUT2D eigenvalue weighted by Crippen LogP contribution is 2.30. The Kier molecular flexibility index (Phi) is 7.78. The van der Waals surface area contributed by atoms with E-state index in [-0.39, 0.29) is 17.6 Å². The standard InChI is InChI=1S/C24H21BrN6O3S/c1-15(32)27-18-5-8-21(34-2)20(13-18)28-22(33)14-35-24-30-29-23(16-9-11-26-12-10-16)31(24)19-6-3-17(25)4-7-19/h3-13H,14H2,1-2H3,(H,27,32)(H,28,33). The molecule has 0 aliphatic rings. The second kappa shape index (κ2) is 11.2. The van der Waals surface area contributed by atoms with Gasteiger partial charge >= 0.3 is 0 Å². The molecular formula is C24H21BrN6O3S. The van der Waals surface area contributed by atoms with Crippen molar-refractivity contribution >= 4 is 50.9 Å². The van der Waals surface area contributed by atoms with Crippen molar-refractivity contribution in [3.05, 3.63) is 71.5 Å². The fraction of sp³-hybridized carbons (Fsp3) is 0.125. The van der Waals surface area contributed by atoms with Crippen molar-refractivity contribution < 1.29 is 14.3 Å². The number of nitrogens with zero attached hydrogens (tertiary/aromatic N) is 4. The topological polar surface area (TPSA) is 111 Å². The summed E-state index contributed by atoms with van der Waals surface area (Å²) in [5.41, 5.74) is 2.72. The average Bonchev–Trinajstić information content (AvgIpc) is 3.27. The van der Waals surface area contributed by atoms with Gasteiger partial charge in [0.05, 0.1) is 18.6 Å². The van der Waals surface area contributed by atoms with E-state index in [2.05, 4.69) is 41.7 Å². The zero-order valence-corrected chi connectivity index (χ0v) is 21.3. The number of pyridine rings is 1. The number of ether oxygens (including phenoxy) is 1. The zero-order chi connectivity index (χ0) is 24.8. The van der Waals surface area contributed by atoms with Gasteiger partial charge in [-0.2, -0.15) is 0 Å². The molecule has 4 aromatic rings. The molecule has 9 nitrogen and oxygen atoms in total. The number of rotatable bonds is 8. The Bertz CT molecular complexity index is 1350. The van der Waals surface area contributed by atoms with Crippen molar-refractivity contribution in [1.29, 1.82) is 0 Å². The minimum atomic E-state index is -0.260. The van der Waals surface area contributed by atoms with Crippen LogP contribution in [-0.2, 0) is 9.59 Å². The molecule has 0 saturated carbocycles. The SMILES string of the molecule is COc1ccc(NC(C)=O)cc1NC(=O)CSc1nnc(-c2ccncc2)n1-c1ccc(Br)cc1. The van der Waals surface area contributed by atoms with E-state index in [4.69, 9.17) is 4.74 Å². The van der Waals surface area contributed by atoms with E-state index in [1.54, 1.807) is 30.6 Å². The van der Waals surface area contributed by atoms with Crippen LogP contribution in [0.25, 0.3) is 17.1 Å². The predicted octanol–water partition coefficient (Wildman–Crippen LogP) is 4.79. The maximum atomic E-state index is 12.8. The lowest BCUT2D eigenvalue weighted by Crippen LogP contribution is -2.16. The largest absolute Gasteiger partial charge is 0.495 e. The molecule has 2 heterocycles. The first-order valence-corrected chi connectivity index (χ1v) is 12.2. The van der Waals surface area contributed by atoms with Crippen molar-refractivity contribution in [1.82, 2.24) is 19.7 Å². The number of carbonyl (C=O) groups is 2. The third-order valence-electron chi connectivity index (χ3n) is 4.78. The number of carbonyl (C=O) groups excluding carboxylic acids is 2. The van der Waals surface area contributed by atoms with Crippen LogP contribution in [0.1, 0.15) is 6.92 Å². The molecule has 0 aliphatic carbocycles. The highest BCUT2D eigenvalue weighted by atomic mass is 79.9. The van der Waals surface area contributed by atoms with Crippen LogP contribution >= 0.6 is 27.7 Å². The molecule has 0 radical (unpaired) electrons. The first-order chi connectivity index (χ1) is 16.9. The molecule has 2 N–H and O–H groups in total. The smallest absolute Gasteiger partial charge is 0.234 e. The minimum Gasteiger partial charge on any atom is -0.495 e. The summed E-state index contributed by atoms with van der Waals surface area (Å²) >= 11 is 4.72. The fourth-order valence-electron chi connectivity index (χ4n) is 3.28. The van der Waals surface area contributed by atoms with E-state index in [9.17, 15) is 9.59 Å². The Morgan fingerprint density at radius 2 is 1.77 bits per heavy atom. The molecule has 0 bridgehead atoms. The molecule has 11 heteroatoms. The van der Waals surface area contributed by atoms with Crippen molar-refractivity contribution in [2.24, 2.45) is 0 Å². The van der Waals surface area contributed by atoms with Gasteiger partial charge in [0, 0.05) is 40.7 Å². The second-order valence-electron chi connectivity index (χ2n) is 7.29. The molecule has 0 unspecified atom stereocenters. The third kappa shape index (κ3) is 6.06. The molecule has 0 saturated heterocycles. The number of methoxy groups -OCH3 is 1. The summed E-state index contributed by atoms with van der Waals surface area (Å²) < 4.78 is 8.19. The van der Waals surface area contributed by atoms with Crippen LogP contribution in [0.5, 0.6) is 5.75 Å². The Morgan fingerprint density at radius 3 is 2.46 bits per heavy atom. The third-order valence-corrected chi connectivity index (χ3v) is 6.24. The molecule has 0 spiro atoms. The second-order valence-corrected chi connectivity index (χ2v) is 9.15. The lowest BCUT2D eigenvalue weighted by Gasteiger charge is -2.13. The van der Waals surface area contributed by atoms with Crippen molar-refractivity contribution in [3.63, 3.8) is 0 Å². The Morgan fingerprint density at radius 1 is 1.03 bits per heavy atom. The molecule has 35 heavy (non-hydrogen) atoms. The van der Waals surface area contributed by atoms with Gasteiger partial charge in [-0.1, -0.05) is 27.7 Å². The first-order valence-electron chi connectivity index (χ1n) is 10.4. The van der Waals surface area contributed by atoms with Crippen LogP contribution in [0, 0.1) is 0 Å². The molecule has 0 aliphatic heterocycles. The number of halogens is 1. The molecular weight excluding hydrogens is 532 g/mol. The first kappa shape index (κ1) is 24.4. The van der Waals surface area contributed by atoms with E-state index >= 15 is 0 Å². The number of benzene rings is 2. The Hall–Kier alpha value is -3.70. The van der Waals surface area contributed by atoms with Gasteiger partial charge in [-0.25, -0.2) is 0 Å². The summed E-state index contributed by atoms with van der Waals surface area (Å²) in [6, 6.07) is 16.5. The number of nitrogens with one attached hydrogen (secondary N) is 2. The van der Waals surface area contributed by atoms with Gasteiger partial charge in [0.2, 0.25) is 11.8 Å². The van der Waals surface area contributed by atoms with Crippen LogP contribution in [0.2, 0.25) is 0 Å². The summed E-state index contributed by atoms with van der Waals surface area (Å²) in [6.07, 6.45) is 3.39. The van der Waals surface area contributed by atoms with Crippen molar-refractivity contribution in [2.45, 2.75) is 12.1 Å². The molecule has 2 aromatic heterocycles. The van der Waals surface area contributed by atoms with Crippen LogP contribution < -0.4 is 15.4 Å². The van der Waals surface area contributed by atoms with Crippen LogP contribution in [0.3, 0.4) is 0 Å². The summed E-state index contributed by atoms with van der Waals surface area (Å²) in [5, 5.41) is 14.8. The van der Waals surface area contributed by atoms with E-state index in [1.807, 2.05) is 41.0 Å². The fourth-order valence-corrected chi connectivity index (χ4v) is 4.29. The van der Waals surface area contributed by atoms with E-state index in [0.717, 1.165) is 15.7 Å². The highest BCUT2D eigenvalue weighted by Gasteiger charge is 2.18. The Balaban J connectivity index is 1.56. The summed E-state index contributed by atoms with van der Waals surface area (Å²) in [4.78, 5) is 28.3. The number of hydrogen-bond acceptors (Lipinski definition) is 7. The molecule has 0 fully saturated rings. The van der Waals surface area contributed by atoms with Gasteiger partial charge in [-0.15, -0.1) is 10.2 Å². The van der Waals surface area contributed by atoms with Crippen molar-refractivity contribution in [3.8, 4) is 22.8 Å². The molecule has 2 aromatic carbocycles. The van der Waals surface area contributed by atoms with E-state index in [0.29, 0.717) is 28.1 Å². The number of aromatic nitrogens is 4. The van der Waals surface area contributed by atoms with Gasteiger partial charge in [-0.05, 0) is 54.6 Å². The van der Waals surface area contributed by atoms with E-state index < -0.39 is 0 Å². The van der Waals surface area contributed by atoms with E-state index in [1.165, 1.54) is 25.8 Å². The zero-order valence-electron chi connectivity index (χ0n) is 18.9. The highest BCUT2D eigenvalue weighted by molar-refractivity contribution is 9.10. The number of thioether (sulfide) groups is 1. The normalized spacial score (nSPS) is 10.6. The average molecular weight is 553 g/mol. The van der Waals surface area contributed by atoms with Crippen LogP contribution in [0.15, 0.2) is 76.6 Å². The molecule has 0 atom stereocenters. The number of amides is 2. The van der Waals surface area contributed by atoms with Gasteiger partial charge < -0.3 is 15.4 Å². The lowest BCUT2D eigenvalue weighted by atomic mass is 10.2. The maximum absolute atomic E-state index is 12.8. The summed E-state index contributed by atoms with van der Waals surface area (Å²) in [6.45, 7) is 1.42. The van der Waals surface area contributed by atoms with Gasteiger partial charge in [0.25, 0.3) is 0 Å². The lowest BCUT2D eigenvalue weighted by molar-refractivity contribution is -0.114. The molecule has 178 valence electrons. The number of hydrogen-bond donors (Lipinski definition) is 2. The quantitative estimate of drug-likeness (QED) is 0.302. The number of anilines is 2. The molecule has 2 amide bonds. The minimum absolute atomic E-state index is 0.0819.